The van der Waals surface area contributed by atoms with Crippen molar-refractivity contribution in [3.05, 3.63) is 0 Å². The molecule has 0 amide bonds. The zero-order valence-corrected chi connectivity index (χ0v) is 24.6. The summed E-state index contributed by atoms with van der Waals surface area (Å²) in [5.74, 6) is 0.0918. The van der Waals surface area contributed by atoms with Gasteiger partial charge in [-0.1, -0.05) is 48.5 Å². The number of alkyl halides is 3. The molecular weight excluding hydrogens is 489 g/mol. The third-order valence-corrected chi connectivity index (χ3v) is 14.6. The van der Waals surface area contributed by atoms with E-state index in [1.807, 2.05) is 0 Å². The Balaban J connectivity index is 1.31. The van der Waals surface area contributed by atoms with Gasteiger partial charge in [-0.3, -0.25) is 0 Å². The molecule has 6 aliphatic rings. The normalized spacial score (nSPS) is 52.7. The van der Waals surface area contributed by atoms with Crippen LogP contribution in [0.2, 0.25) is 0 Å². The summed E-state index contributed by atoms with van der Waals surface area (Å²) >= 11 is 0. The minimum Gasteiger partial charge on any atom is -0.455 e. The number of carbonyl (C=O) groups is 1. The van der Waals surface area contributed by atoms with Gasteiger partial charge in [0.05, 0.1) is 12.7 Å². The van der Waals surface area contributed by atoms with Gasteiger partial charge in [-0.25, -0.2) is 4.79 Å². The molecule has 5 saturated carbocycles. The molecule has 0 aromatic rings. The van der Waals surface area contributed by atoms with Crippen LogP contribution < -0.4 is 0 Å². The van der Waals surface area contributed by atoms with E-state index in [1.54, 1.807) is 0 Å². The molecule has 2 bridgehead atoms. The molecule has 6 heteroatoms. The standard InChI is InChI=1S/C32H49F3O3/c1-26(2)14-16-31-17-15-29(6)19(23(31)24(26)37-18-31)8-9-21-28(5)12-11-22(38-25(36)32(33,34)35)27(3,4)20(28)10-13-30(21,29)7/h19-24H,8-18H2,1-7H3. The molecule has 5 aliphatic carbocycles. The summed E-state index contributed by atoms with van der Waals surface area (Å²) in [6, 6.07) is 0. The highest BCUT2D eigenvalue weighted by atomic mass is 19.4. The lowest BCUT2D eigenvalue weighted by atomic mass is 9.31. The van der Waals surface area contributed by atoms with Gasteiger partial charge in [-0.15, -0.1) is 0 Å². The molecule has 10 atom stereocenters. The van der Waals surface area contributed by atoms with Crippen molar-refractivity contribution in [2.24, 2.45) is 56.2 Å². The summed E-state index contributed by atoms with van der Waals surface area (Å²) in [7, 11) is 0. The summed E-state index contributed by atoms with van der Waals surface area (Å²) in [6.07, 6.45) is 5.78. The van der Waals surface area contributed by atoms with Crippen LogP contribution in [0.4, 0.5) is 13.2 Å². The number of hydrogen-bond donors (Lipinski definition) is 0. The van der Waals surface area contributed by atoms with Crippen LogP contribution in [0.5, 0.6) is 0 Å². The van der Waals surface area contributed by atoms with E-state index >= 15 is 0 Å². The lowest BCUT2D eigenvalue weighted by Crippen LogP contribution is -2.68. The lowest BCUT2D eigenvalue weighted by Gasteiger charge is -2.73. The van der Waals surface area contributed by atoms with Crippen LogP contribution in [-0.4, -0.2) is 31.0 Å². The molecule has 0 aromatic heterocycles. The van der Waals surface area contributed by atoms with E-state index in [0.29, 0.717) is 35.7 Å². The zero-order chi connectivity index (χ0) is 27.7. The van der Waals surface area contributed by atoms with Gasteiger partial charge in [0.15, 0.2) is 0 Å². The molecular formula is C32H49F3O3. The maximum Gasteiger partial charge on any atom is 0.490 e. The summed E-state index contributed by atoms with van der Waals surface area (Å²) < 4.78 is 51.1. The van der Waals surface area contributed by atoms with Crippen LogP contribution in [-0.2, 0) is 14.3 Å². The monoisotopic (exact) mass is 538 g/mol. The number of halogens is 3. The van der Waals surface area contributed by atoms with Gasteiger partial charge in [0, 0.05) is 5.41 Å². The fourth-order valence-corrected chi connectivity index (χ4v) is 12.4. The van der Waals surface area contributed by atoms with Gasteiger partial charge in [-0.2, -0.15) is 13.2 Å². The number of esters is 1. The summed E-state index contributed by atoms with van der Waals surface area (Å²) in [6.45, 7) is 17.5. The molecule has 10 unspecified atom stereocenters. The van der Waals surface area contributed by atoms with Crippen molar-refractivity contribution in [3.63, 3.8) is 0 Å². The smallest absolute Gasteiger partial charge is 0.455 e. The van der Waals surface area contributed by atoms with Gasteiger partial charge in [0.25, 0.3) is 0 Å². The van der Waals surface area contributed by atoms with Crippen LogP contribution in [0.3, 0.4) is 0 Å². The van der Waals surface area contributed by atoms with Crippen molar-refractivity contribution in [1.82, 2.24) is 0 Å². The highest BCUT2D eigenvalue weighted by molar-refractivity contribution is 5.75. The van der Waals surface area contributed by atoms with Crippen LogP contribution in [0.15, 0.2) is 0 Å². The van der Waals surface area contributed by atoms with E-state index in [4.69, 9.17) is 9.47 Å². The van der Waals surface area contributed by atoms with Gasteiger partial charge >= 0.3 is 12.1 Å². The van der Waals surface area contributed by atoms with Crippen molar-refractivity contribution < 1.29 is 27.4 Å². The predicted molar refractivity (Wildman–Crippen MR) is 140 cm³/mol. The number of carbonyl (C=O) groups excluding carboxylic acids is 1. The average molecular weight is 539 g/mol. The number of fused-ring (bicyclic) bond motifs is 5. The Labute approximate surface area is 227 Å². The highest BCUT2D eigenvalue weighted by Crippen LogP contribution is 2.78. The van der Waals surface area contributed by atoms with Crippen molar-refractivity contribution >= 4 is 5.97 Å². The van der Waals surface area contributed by atoms with E-state index in [1.165, 1.54) is 38.5 Å². The molecule has 1 aliphatic heterocycles. The van der Waals surface area contributed by atoms with Gasteiger partial charge in [0.1, 0.15) is 6.10 Å². The van der Waals surface area contributed by atoms with Crippen molar-refractivity contribution in [3.8, 4) is 0 Å². The first kappa shape index (κ1) is 27.4. The number of rotatable bonds is 1. The third-order valence-electron chi connectivity index (χ3n) is 14.6. The molecule has 0 aromatic carbocycles. The van der Waals surface area contributed by atoms with Crippen molar-refractivity contribution in [2.45, 2.75) is 131 Å². The second-order valence-electron chi connectivity index (χ2n) is 16.5. The Bertz CT molecular complexity index is 1000. The van der Waals surface area contributed by atoms with Crippen LogP contribution in [0, 0.1) is 56.2 Å². The van der Waals surface area contributed by atoms with E-state index in [-0.39, 0.29) is 27.6 Å². The molecule has 1 heterocycles. The lowest BCUT2D eigenvalue weighted by molar-refractivity contribution is -0.259. The van der Waals surface area contributed by atoms with Gasteiger partial charge in [-0.05, 0) is 115 Å². The molecule has 38 heavy (non-hydrogen) atoms. The van der Waals surface area contributed by atoms with Crippen LogP contribution >= 0.6 is 0 Å². The van der Waals surface area contributed by atoms with Crippen LogP contribution in [0.1, 0.15) is 113 Å². The molecule has 3 nitrogen and oxygen atoms in total. The van der Waals surface area contributed by atoms with Gasteiger partial charge < -0.3 is 9.47 Å². The second kappa shape index (κ2) is 7.94. The third kappa shape index (κ3) is 3.33. The Morgan fingerprint density at radius 3 is 2.16 bits per heavy atom. The summed E-state index contributed by atoms with van der Waals surface area (Å²) in [5.41, 5.74) is 0.625. The first-order chi connectivity index (χ1) is 17.4. The topological polar surface area (TPSA) is 35.5 Å². The number of ether oxygens (including phenoxy) is 2. The minimum absolute atomic E-state index is 0.0437. The molecule has 6 rings (SSSR count). The Morgan fingerprint density at radius 1 is 0.789 bits per heavy atom. The molecule has 0 N–H and O–H groups in total. The average Bonchev–Trinajstić information content (AvgIpc) is 3.14. The first-order valence-electron chi connectivity index (χ1n) is 15.3. The Morgan fingerprint density at radius 2 is 1.47 bits per heavy atom. The quantitative estimate of drug-likeness (QED) is 0.315. The largest absolute Gasteiger partial charge is 0.490 e. The zero-order valence-electron chi connectivity index (χ0n) is 24.6. The van der Waals surface area contributed by atoms with E-state index < -0.39 is 23.7 Å². The fraction of sp³-hybridized carbons (Fsp3) is 0.969. The summed E-state index contributed by atoms with van der Waals surface area (Å²) in [4.78, 5) is 11.8. The SMILES string of the molecule is CC1(C)CCC23CCC4(C)C(CCC5C6(C)CCC(OC(=O)C(F)(F)F)C(C)(C)C6CCC54C)C2C1OC3. The molecule has 0 radical (unpaired) electrons. The van der Waals surface area contributed by atoms with E-state index in [9.17, 15) is 18.0 Å². The number of hydrogen-bond acceptors (Lipinski definition) is 3. The Kier molecular flexibility index (Phi) is 5.72. The minimum atomic E-state index is -4.94. The Hall–Kier alpha value is -0.780. The van der Waals surface area contributed by atoms with E-state index in [0.717, 1.165) is 25.9 Å². The fourth-order valence-electron chi connectivity index (χ4n) is 12.4. The molecule has 0 spiro atoms. The highest BCUT2D eigenvalue weighted by Gasteiger charge is 2.73. The first-order valence-corrected chi connectivity index (χ1v) is 15.3. The van der Waals surface area contributed by atoms with Crippen molar-refractivity contribution in [1.29, 1.82) is 0 Å². The molecule has 1 saturated heterocycles. The maximum atomic E-state index is 13.1. The maximum absolute atomic E-state index is 13.1. The van der Waals surface area contributed by atoms with E-state index in [2.05, 4.69) is 48.5 Å². The second-order valence-corrected chi connectivity index (χ2v) is 16.5. The molecule has 6 fully saturated rings. The molecule has 216 valence electrons. The summed E-state index contributed by atoms with van der Waals surface area (Å²) in [5, 5.41) is 0. The van der Waals surface area contributed by atoms with Crippen molar-refractivity contribution in [2.75, 3.05) is 6.61 Å². The predicted octanol–water partition coefficient (Wildman–Crippen LogP) is 8.35. The van der Waals surface area contributed by atoms with Gasteiger partial charge in [0.2, 0.25) is 0 Å². The van der Waals surface area contributed by atoms with Crippen LogP contribution in [0.25, 0.3) is 0 Å².